The molecule has 1 N–H and O–H groups in total. The molecule has 1 aliphatic rings. The third-order valence-corrected chi connectivity index (χ3v) is 3.67. The first-order chi connectivity index (χ1) is 9.45. The minimum absolute atomic E-state index is 0.276. The van der Waals surface area contributed by atoms with Crippen molar-refractivity contribution >= 4 is 5.97 Å². The summed E-state index contributed by atoms with van der Waals surface area (Å²) in [5.41, 5.74) is 0.276. The summed E-state index contributed by atoms with van der Waals surface area (Å²) in [5.74, 6) is 1.02. The van der Waals surface area contributed by atoms with E-state index in [0.29, 0.717) is 18.2 Å². The summed E-state index contributed by atoms with van der Waals surface area (Å²) >= 11 is 0. The van der Waals surface area contributed by atoms with E-state index in [1.165, 1.54) is 0 Å². The largest absolute Gasteiger partial charge is 0.478 e. The molecule has 1 aromatic rings. The second-order valence-corrected chi connectivity index (χ2v) is 5.96. The van der Waals surface area contributed by atoms with Gasteiger partial charge in [-0.1, -0.05) is 13.8 Å². The Morgan fingerprint density at radius 2 is 1.90 bits per heavy atom. The van der Waals surface area contributed by atoms with Gasteiger partial charge in [-0.2, -0.15) is 0 Å². The number of aromatic carboxylic acids is 1. The van der Waals surface area contributed by atoms with Gasteiger partial charge in [-0.15, -0.1) is 0 Å². The predicted octanol–water partition coefficient (Wildman–Crippen LogP) is 2.06. The van der Waals surface area contributed by atoms with Gasteiger partial charge in [0.25, 0.3) is 0 Å². The number of piperazine rings is 1. The van der Waals surface area contributed by atoms with Crippen molar-refractivity contribution in [1.29, 1.82) is 0 Å². The van der Waals surface area contributed by atoms with Gasteiger partial charge in [-0.25, -0.2) is 4.79 Å². The van der Waals surface area contributed by atoms with E-state index in [1.807, 2.05) is 0 Å². The molecule has 1 fully saturated rings. The van der Waals surface area contributed by atoms with Gasteiger partial charge in [0, 0.05) is 32.7 Å². The standard InChI is InChI=1S/C15H24N2O3/c1-11(2)9-16-4-6-17(7-5-16)10-13-8-14(15(18)19)12(3)20-13/h8,11H,4-7,9-10H2,1-3H3,(H,18,19). The molecule has 0 bridgehead atoms. The van der Waals surface area contributed by atoms with Gasteiger partial charge >= 0.3 is 5.97 Å². The summed E-state index contributed by atoms with van der Waals surface area (Å²) in [7, 11) is 0. The zero-order valence-corrected chi connectivity index (χ0v) is 12.6. The van der Waals surface area contributed by atoms with Crippen LogP contribution in [0.4, 0.5) is 0 Å². The van der Waals surface area contributed by atoms with Gasteiger partial charge in [0.2, 0.25) is 0 Å². The van der Waals surface area contributed by atoms with Crippen LogP contribution in [0.2, 0.25) is 0 Å². The number of hydrogen-bond donors (Lipinski definition) is 1. The Kier molecular flexibility index (Phi) is 4.83. The SMILES string of the molecule is Cc1oc(CN2CCN(CC(C)C)CC2)cc1C(=O)O. The summed E-state index contributed by atoms with van der Waals surface area (Å²) in [6, 6.07) is 1.65. The number of hydrogen-bond acceptors (Lipinski definition) is 4. The first-order valence-electron chi connectivity index (χ1n) is 7.23. The van der Waals surface area contributed by atoms with Crippen LogP contribution in [0.1, 0.15) is 35.7 Å². The number of carboxylic acids is 1. The smallest absolute Gasteiger partial charge is 0.339 e. The van der Waals surface area contributed by atoms with E-state index in [2.05, 4.69) is 23.6 Å². The fraction of sp³-hybridized carbons (Fsp3) is 0.667. The number of furan rings is 1. The Labute approximate surface area is 120 Å². The highest BCUT2D eigenvalue weighted by atomic mass is 16.4. The molecule has 0 radical (unpaired) electrons. The lowest BCUT2D eigenvalue weighted by Crippen LogP contribution is -2.46. The molecule has 2 rings (SSSR count). The number of aryl methyl sites for hydroxylation is 1. The van der Waals surface area contributed by atoms with Crippen molar-refractivity contribution in [3.05, 3.63) is 23.2 Å². The van der Waals surface area contributed by atoms with Crippen molar-refractivity contribution < 1.29 is 14.3 Å². The Morgan fingerprint density at radius 1 is 1.30 bits per heavy atom. The zero-order chi connectivity index (χ0) is 14.7. The zero-order valence-electron chi connectivity index (χ0n) is 12.6. The molecule has 0 amide bonds. The van der Waals surface area contributed by atoms with E-state index in [-0.39, 0.29) is 5.56 Å². The van der Waals surface area contributed by atoms with Crippen molar-refractivity contribution in [3.63, 3.8) is 0 Å². The van der Waals surface area contributed by atoms with E-state index in [0.717, 1.165) is 38.5 Å². The van der Waals surface area contributed by atoms with E-state index in [1.54, 1.807) is 13.0 Å². The van der Waals surface area contributed by atoms with Crippen LogP contribution in [-0.4, -0.2) is 53.6 Å². The summed E-state index contributed by atoms with van der Waals surface area (Å²) in [5, 5.41) is 9.02. The molecule has 5 nitrogen and oxygen atoms in total. The maximum atomic E-state index is 11.0. The summed E-state index contributed by atoms with van der Waals surface area (Å²) in [4.78, 5) is 15.8. The normalized spacial score (nSPS) is 17.8. The van der Waals surface area contributed by atoms with Crippen LogP contribution in [-0.2, 0) is 6.54 Å². The third-order valence-electron chi connectivity index (χ3n) is 3.67. The molecule has 0 spiro atoms. The van der Waals surface area contributed by atoms with Gasteiger partial charge in [-0.05, 0) is 18.9 Å². The molecule has 20 heavy (non-hydrogen) atoms. The highest BCUT2D eigenvalue weighted by molar-refractivity contribution is 5.88. The number of carboxylic acid groups (broad SMARTS) is 1. The van der Waals surface area contributed by atoms with Crippen molar-refractivity contribution in [2.45, 2.75) is 27.3 Å². The van der Waals surface area contributed by atoms with Crippen molar-refractivity contribution in [2.24, 2.45) is 5.92 Å². The van der Waals surface area contributed by atoms with Gasteiger partial charge in [-0.3, -0.25) is 4.90 Å². The molecular formula is C15H24N2O3. The fourth-order valence-corrected chi connectivity index (χ4v) is 2.70. The lowest BCUT2D eigenvalue weighted by Gasteiger charge is -2.35. The van der Waals surface area contributed by atoms with Gasteiger partial charge in [0.1, 0.15) is 17.1 Å². The molecule has 5 heteroatoms. The first-order valence-corrected chi connectivity index (χ1v) is 7.23. The van der Waals surface area contributed by atoms with E-state index in [4.69, 9.17) is 9.52 Å². The molecule has 0 unspecified atom stereocenters. The number of rotatable bonds is 5. The predicted molar refractivity (Wildman–Crippen MR) is 77.0 cm³/mol. The molecule has 1 aromatic heterocycles. The summed E-state index contributed by atoms with van der Waals surface area (Å²) in [6.07, 6.45) is 0. The maximum absolute atomic E-state index is 11.0. The van der Waals surface area contributed by atoms with Crippen LogP contribution in [0.25, 0.3) is 0 Å². The number of carbonyl (C=O) groups is 1. The van der Waals surface area contributed by atoms with Crippen LogP contribution >= 0.6 is 0 Å². The fourth-order valence-electron chi connectivity index (χ4n) is 2.70. The highest BCUT2D eigenvalue weighted by Gasteiger charge is 2.20. The molecule has 2 heterocycles. The summed E-state index contributed by atoms with van der Waals surface area (Å²) in [6.45, 7) is 12.2. The average Bonchev–Trinajstić information content (AvgIpc) is 2.72. The topological polar surface area (TPSA) is 56.9 Å². The van der Waals surface area contributed by atoms with Crippen molar-refractivity contribution in [1.82, 2.24) is 9.80 Å². The molecule has 1 aliphatic heterocycles. The van der Waals surface area contributed by atoms with Crippen LogP contribution in [0, 0.1) is 12.8 Å². The molecule has 0 atom stereocenters. The van der Waals surface area contributed by atoms with Crippen LogP contribution in [0.3, 0.4) is 0 Å². The Bertz CT molecular complexity index is 460. The average molecular weight is 280 g/mol. The Balaban J connectivity index is 1.86. The molecule has 112 valence electrons. The van der Waals surface area contributed by atoms with Gasteiger partial charge in [0.15, 0.2) is 0 Å². The van der Waals surface area contributed by atoms with Gasteiger partial charge in [0.05, 0.1) is 6.54 Å². The highest BCUT2D eigenvalue weighted by Crippen LogP contribution is 2.17. The Hall–Kier alpha value is -1.33. The van der Waals surface area contributed by atoms with Crippen molar-refractivity contribution in [3.8, 4) is 0 Å². The number of nitrogens with zero attached hydrogens (tertiary/aromatic N) is 2. The lowest BCUT2D eigenvalue weighted by atomic mass is 10.2. The minimum atomic E-state index is -0.917. The quantitative estimate of drug-likeness (QED) is 0.894. The molecular weight excluding hydrogens is 256 g/mol. The first kappa shape index (κ1) is 15.1. The Morgan fingerprint density at radius 3 is 2.40 bits per heavy atom. The molecule has 0 saturated carbocycles. The molecule has 0 aliphatic carbocycles. The second kappa shape index (κ2) is 6.41. The van der Waals surface area contributed by atoms with E-state index >= 15 is 0 Å². The molecule has 1 saturated heterocycles. The minimum Gasteiger partial charge on any atom is -0.478 e. The lowest BCUT2D eigenvalue weighted by molar-refractivity contribution is 0.0695. The van der Waals surface area contributed by atoms with Crippen LogP contribution in [0.5, 0.6) is 0 Å². The second-order valence-electron chi connectivity index (χ2n) is 5.96. The van der Waals surface area contributed by atoms with E-state index in [9.17, 15) is 4.79 Å². The van der Waals surface area contributed by atoms with Crippen LogP contribution < -0.4 is 0 Å². The monoisotopic (exact) mass is 280 g/mol. The van der Waals surface area contributed by atoms with E-state index < -0.39 is 5.97 Å². The van der Waals surface area contributed by atoms with Crippen LogP contribution in [0.15, 0.2) is 10.5 Å². The summed E-state index contributed by atoms with van der Waals surface area (Å²) < 4.78 is 5.53. The maximum Gasteiger partial charge on any atom is 0.339 e. The third kappa shape index (κ3) is 3.84. The molecule has 0 aromatic carbocycles. The van der Waals surface area contributed by atoms with Gasteiger partial charge < -0.3 is 14.4 Å². The van der Waals surface area contributed by atoms with Crippen molar-refractivity contribution in [2.75, 3.05) is 32.7 Å².